The van der Waals surface area contributed by atoms with Gasteiger partial charge in [-0.3, -0.25) is 9.36 Å². The van der Waals surface area contributed by atoms with E-state index < -0.39 is 20.0 Å². The highest BCUT2D eigenvalue weighted by atomic mass is 31.2. The predicted octanol–water partition coefficient (Wildman–Crippen LogP) is 4.93. The van der Waals surface area contributed by atoms with Gasteiger partial charge in [0.1, 0.15) is 13.2 Å². The van der Waals surface area contributed by atoms with E-state index in [1.165, 1.54) is 38.5 Å². The number of likely N-dealkylation sites (N-methyl/N-ethyl adjacent to an activating group) is 1. The summed E-state index contributed by atoms with van der Waals surface area (Å²) in [6, 6.07) is -0.785. The SMILES string of the molecule is CCCCCCCCCCCC(O)C(COP(=O)([O-])OCC[N+](C)(C)C)NC(=O)CCCCCC. The van der Waals surface area contributed by atoms with Gasteiger partial charge in [-0.05, 0) is 12.8 Å². The average molecular weight is 523 g/mol. The molecule has 0 saturated carbocycles. The van der Waals surface area contributed by atoms with E-state index in [9.17, 15) is 19.4 Å². The van der Waals surface area contributed by atoms with E-state index in [0.717, 1.165) is 44.9 Å². The summed E-state index contributed by atoms with van der Waals surface area (Å²) in [5.41, 5.74) is 0. The lowest BCUT2D eigenvalue weighted by Crippen LogP contribution is -2.46. The molecule has 3 unspecified atom stereocenters. The van der Waals surface area contributed by atoms with Crippen molar-refractivity contribution in [2.24, 2.45) is 0 Å². The topological polar surface area (TPSA) is 108 Å². The quantitative estimate of drug-likeness (QED) is 0.106. The van der Waals surface area contributed by atoms with Crippen LogP contribution in [-0.2, 0) is 18.4 Å². The molecule has 0 rings (SSSR count). The van der Waals surface area contributed by atoms with E-state index in [4.69, 9.17) is 9.05 Å². The monoisotopic (exact) mass is 522 g/mol. The minimum absolute atomic E-state index is 0.0136. The number of nitrogens with zero attached hydrogens (tertiary/aromatic N) is 1. The Bertz CT molecular complexity index is 571. The number of phosphoric ester groups is 1. The maximum absolute atomic E-state index is 12.4. The second kappa shape index (κ2) is 20.5. The van der Waals surface area contributed by atoms with Gasteiger partial charge in [0.15, 0.2) is 0 Å². The molecule has 35 heavy (non-hydrogen) atoms. The Morgan fingerprint density at radius 1 is 0.886 bits per heavy atom. The summed E-state index contributed by atoms with van der Waals surface area (Å²) in [4.78, 5) is 24.6. The van der Waals surface area contributed by atoms with Gasteiger partial charge in [-0.2, -0.15) is 0 Å². The van der Waals surface area contributed by atoms with Crippen LogP contribution in [0.1, 0.15) is 110 Å². The third-order valence-electron chi connectivity index (χ3n) is 6.10. The Morgan fingerprint density at radius 2 is 1.40 bits per heavy atom. The largest absolute Gasteiger partial charge is 0.756 e. The minimum Gasteiger partial charge on any atom is -0.756 e. The highest BCUT2D eigenvalue weighted by Gasteiger charge is 2.24. The number of quaternary nitrogens is 1. The van der Waals surface area contributed by atoms with E-state index in [2.05, 4.69) is 19.2 Å². The standard InChI is InChI=1S/C26H55N2O6P/c1-6-8-10-12-13-14-15-16-17-19-25(29)24(27-26(30)20-18-11-9-7-2)23-34-35(31,32)33-22-21-28(3,4)5/h24-25,29H,6-23H2,1-5H3,(H-,27,30,31,32). The summed E-state index contributed by atoms with van der Waals surface area (Å²) in [6.45, 7) is 4.52. The van der Waals surface area contributed by atoms with E-state index in [-0.39, 0.29) is 19.1 Å². The molecule has 210 valence electrons. The first-order valence-corrected chi connectivity index (χ1v) is 15.3. The van der Waals surface area contributed by atoms with Crippen LogP contribution in [0.5, 0.6) is 0 Å². The molecule has 0 aromatic carbocycles. The molecule has 0 saturated heterocycles. The van der Waals surface area contributed by atoms with Crippen LogP contribution < -0.4 is 10.2 Å². The van der Waals surface area contributed by atoms with Gasteiger partial charge in [-0.1, -0.05) is 90.9 Å². The molecule has 0 heterocycles. The maximum Gasteiger partial charge on any atom is 0.268 e. The van der Waals surface area contributed by atoms with Crippen molar-refractivity contribution in [3.8, 4) is 0 Å². The Morgan fingerprint density at radius 3 is 1.94 bits per heavy atom. The van der Waals surface area contributed by atoms with Crippen molar-refractivity contribution < 1.29 is 32.9 Å². The first kappa shape index (κ1) is 34.5. The zero-order valence-corrected chi connectivity index (χ0v) is 24.2. The summed E-state index contributed by atoms with van der Waals surface area (Å²) in [7, 11) is 1.30. The normalized spacial score (nSPS) is 15.5. The van der Waals surface area contributed by atoms with Crippen molar-refractivity contribution in [1.29, 1.82) is 0 Å². The van der Waals surface area contributed by atoms with Crippen LogP contribution in [0, 0.1) is 0 Å². The minimum atomic E-state index is -4.52. The molecule has 0 aliphatic rings. The Kier molecular flexibility index (Phi) is 20.3. The summed E-state index contributed by atoms with van der Waals surface area (Å²) in [5, 5.41) is 13.5. The molecular weight excluding hydrogens is 467 g/mol. The van der Waals surface area contributed by atoms with Crippen LogP contribution in [-0.4, -0.2) is 68.5 Å². The number of carbonyl (C=O) groups excluding carboxylic acids is 1. The van der Waals surface area contributed by atoms with Gasteiger partial charge >= 0.3 is 0 Å². The molecule has 0 aliphatic heterocycles. The Hall–Kier alpha value is -0.500. The van der Waals surface area contributed by atoms with Crippen LogP contribution in [0.25, 0.3) is 0 Å². The van der Waals surface area contributed by atoms with Crippen molar-refractivity contribution in [1.82, 2.24) is 5.32 Å². The molecule has 0 fully saturated rings. The number of rotatable bonds is 24. The van der Waals surface area contributed by atoms with Crippen LogP contribution in [0.2, 0.25) is 0 Å². The highest BCUT2D eigenvalue weighted by molar-refractivity contribution is 7.45. The molecule has 3 atom stereocenters. The van der Waals surface area contributed by atoms with Crippen LogP contribution >= 0.6 is 7.82 Å². The summed E-state index contributed by atoms with van der Waals surface area (Å²) in [5.74, 6) is -0.187. The number of hydrogen-bond acceptors (Lipinski definition) is 6. The second-order valence-corrected chi connectivity index (χ2v) is 12.2. The lowest BCUT2D eigenvalue weighted by molar-refractivity contribution is -0.870. The number of carbonyl (C=O) groups is 1. The number of hydrogen-bond donors (Lipinski definition) is 2. The number of amides is 1. The highest BCUT2D eigenvalue weighted by Crippen LogP contribution is 2.38. The van der Waals surface area contributed by atoms with E-state index in [1.54, 1.807) is 0 Å². The molecule has 9 heteroatoms. The van der Waals surface area contributed by atoms with Crippen molar-refractivity contribution in [3.63, 3.8) is 0 Å². The summed E-state index contributed by atoms with van der Waals surface area (Å²) in [6.07, 6.45) is 14.4. The third-order valence-corrected chi connectivity index (χ3v) is 7.06. The molecule has 0 aromatic rings. The molecule has 0 bridgehead atoms. The fourth-order valence-corrected chi connectivity index (χ4v) is 4.46. The molecule has 0 aliphatic carbocycles. The number of phosphoric acid groups is 1. The fraction of sp³-hybridized carbons (Fsp3) is 0.962. The first-order chi connectivity index (χ1) is 16.5. The van der Waals surface area contributed by atoms with Crippen molar-refractivity contribution in [2.75, 3.05) is 40.9 Å². The number of aliphatic hydroxyl groups excluding tert-OH is 1. The lowest BCUT2D eigenvalue weighted by atomic mass is 10.0. The zero-order chi connectivity index (χ0) is 26.6. The molecule has 0 radical (unpaired) electrons. The van der Waals surface area contributed by atoms with Crippen molar-refractivity contribution >= 4 is 13.7 Å². The van der Waals surface area contributed by atoms with E-state index >= 15 is 0 Å². The number of unbranched alkanes of at least 4 members (excludes halogenated alkanes) is 11. The smallest absolute Gasteiger partial charge is 0.268 e. The van der Waals surface area contributed by atoms with Gasteiger partial charge < -0.3 is 28.8 Å². The lowest BCUT2D eigenvalue weighted by Gasteiger charge is -2.30. The first-order valence-electron chi connectivity index (χ1n) is 13.9. The number of nitrogens with one attached hydrogen (secondary N) is 1. The fourth-order valence-electron chi connectivity index (χ4n) is 3.74. The Balaban J connectivity index is 4.58. The molecule has 2 N–H and O–H groups in total. The van der Waals surface area contributed by atoms with Crippen molar-refractivity contribution in [2.45, 2.75) is 122 Å². The summed E-state index contributed by atoms with van der Waals surface area (Å²) < 4.78 is 22.8. The number of aliphatic hydroxyl groups is 1. The third kappa shape index (κ3) is 22.4. The van der Waals surface area contributed by atoms with Gasteiger partial charge in [0.2, 0.25) is 5.91 Å². The summed E-state index contributed by atoms with van der Waals surface area (Å²) >= 11 is 0. The van der Waals surface area contributed by atoms with Gasteiger partial charge in [0.05, 0.1) is 39.9 Å². The van der Waals surface area contributed by atoms with Crippen LogP contribution in [0.3, 0.4) is 0 Å². The molecule has 0 aromatic heterocycles. The van der Waals surface area contributed by atoms with E-state index in [1.807, 2.05) is 21.1 Å². The van der Waals surface area contributed by atoms with Gasteiger partial charge in [-0.15, -0.1) is 0 Å². The Labute approximate surface area is 215 Å². The maximum atomic E-state index is 12.4. The predicted molar refractivity (Wildman–Crippen MR) is 141 cm³/mol. The van der Waals surface area contributed by atoms with Gasteiger partial charge in [0.25, 0.3) is 7.82 Å². The molecule has 0 spiro atoms. The van der Waals surface area contributed by atoms with Gasteiger partial charge in [-0.25, -0.2) is 0 Å². The van der Waals surface area contributed by atoms with Crippen LogP contribution in [0.4, 0.5) is 0 Å². The molecule has 1 amide bonds. The van der Waals surface area contributed by atoms with Gasteiger partial charge in [0, 0.05) is 6.42 Å². The molecule has 8 nitrogen and oxygen atoms in total. The van der Waals surface area contributed by atoms with Crippen LogP contribution in [0.15, 0.2) is 0 Å². The van der Waals surface area contributed by atoms with E-state index in [0.29, 0.717) is 23.9 Å². The molecular formula is C26H55N2O6P. The zero-order valence-electron chi connectivity index (χ0n) is 23.3. The second-order valence-electron chi connectivity index (χ2n) is 10.8. The average Bonchev–Trinajstić information content (AvgIpc) is 2.77. The van der Waals surface area contributed by atoms with Crippen molar-refractivity contribution in [3.05, 3.63) is 0 Å².